The maximum Gasteiger partial charge on any atom is 0.343 e. The van der Waals surface area contributed by atoms with Crippen LogP contribution < -0.4 is 4.74 Å². The van der Waals surface area contributed by atoms with Crippen LogP contribution in [0.15, 0.2) is 47.4 Å². The van der Waals surface area contributed by atoms with Crippen LogP contribution in [0.5, 0.6) is 5.75 Å². The van der Waals surface area contributed by atoms with Gasteiger partial charge in [0, 0.05) is 13.1 Å². The van der Waals surface area contributed by atoms with E-state index >= 15 is 0 Å². The van der Waals surface area contributed by atoms with E-state index < -0.39 is 22.0 Å². The van der Waals surface area contributed by atoms with E-state index in [1.807, 2.05) is 0 Å². The summed E-state index contributed by atoms with van der Waals surface area (Å²) >= 11 is 0. The van der Waals surface area contributed by atoms with E-state index in [1.165, 1.54) is 35.7 Å². The molecule has 1 heterocycles. The number of carbonyl (C=O) groups excluding carboxylic acids is 2. The number of nitrogens with zero attached hydrogens (tertiary/aromatic N) is 1. The molecule has 0 radical (unpaired) electrons. The van der Waals surface area contributed by atoms with Crippen molar-refractivity contribution in [3.05, 3.63) is 59.2 Å². The van der Waals surface area contributed by atoms with E-state index in [-0.39, 0.29) is 21.8 Å². The van der Waals surface area contributed by atoms with Crippen LogP contribution in [0.4, 0.5) is 0 Å². The zero-order chi connectivity index (χ0) is 21.0. The van der Waals surface area contributed by atoms with Crippen molar-refractivity contribution in [3.8, 4) is 5.75 Å². The van der Waals surface area contributed by atoms with Crippen molar-refractivity contribution in [1.29, 1.82) is 0 Å². The van der Waals surface area contributed by atoms with Gasteiger partial charge in [0.25, 0.3) is 0 Å². The van der Waals surface area contributed by atoms with Crippen molar-refractivity contribution < 1.29 is 27.5 Å². The largest absolute Gasteiger partial charge is 0.465 e. The first-order valence-electron chi connectivity index (χ1n) is 9.34. The molecule has 7 nitrogen and oxygen atoms in total. The van der Waals surface area contributed by atoms with Crippen LogP contribution in [0.3, 0.4) is 0 Å². The van der Waals surface area contributed by atoms with Gasteiger partial charge in [-0.25, -0.2) is 18.0 Å². The van der Waals surface area contributed by atoms with Gasteiger partial charge in [-0.3, -0.25) is 0 Å². The minimum atomic E-state index is -3.68. The van der Waals surface area contributed by atoms with Gasteiger partial charge in [0.15, 0.2) is 0 Å². The quantitative estimate of drug-likeness (QED) is 0.548. The van der Waals surface area contributed by atoms with Crippen LogP contribution in [0.25, 0.3) is 0 Å². The highest BCUT2D eigenvalue weighted by atomic mass is 32.2. The van der Waals surface area contributed by atoms with Gasteiger partial charge in [-0.1, -0.05) is 18.6 Å². The number of benzene rings is 2. The Hall–Kier alpha value is -2.71. The number of rotatable bonds is 5. The van der Waals surface area contributed by atoms with Gasteiger partial charge in [-0.15, -0.1) is 0 Å². The fourth-order valence-corrected chi connectivity index (χ4v) is 4.99. The Bertz CT molecular complexity index is 1030. The third-order valence-electron chi connectivity index (χ3n) is 4.82. The number of sulfonamides is 1. The maximum absolute atomic E-state index is 13.0. The molecule has 154 valence electrons. The summed E-state index contributed by atoms with van der Waals surface area (Å²) in [5, 5.41) is 0. The zero-order valence-electron chi connectivity index (χ0n) is 16.4. The number of esters is 2. The number of aryl methyl sites for hydroxylation is 1. The number of hydrogen-bond donors (Lipinski definition) is 0. The van der Waals surface area contributed by atoms with Gasteiger partial charge < -0.3 is 9.47 Å². The third-order valence-corrected chi connectivity index (χ3v) is 6.86. The molecule has 2 aromatic rings. The topological polar surface area (TPSA) is 90.0 Å². The summed E-state index contributed by atoms with van der Waals surface area (Å²) in [7, 11) is -2.42. The molecule has 0 aliphatic carbocycles. The first-order valence-corrected chi connectivity index (χ1v) is 10.8. The van der Waals surface area contributed by atoms with Crippen LogP contribution in [0.2, 0.25) is 0 Å². The summed E-state index contributed by atoms with van der Waals surface area (Å²) in [5.41, 5.74) is 0.935. The highest BCUT2D eigenvalue weighted by Crippen LogP contribution is 2.25. The molecular formula is C21H23NO6S. The molecule has 0 unspecified atom stereocenters. The van der Waals surface area contributed by atoms with Crippen molar-refractivity contribution in [1.82, 2.24) is 4.31 Å². The van der Waals surface area contributed by atoms with Gasteiger partial charge in [0.05, 0.1) is 23.1 Å². The Balaban J connectivity index is 1.85. The lowest BCUT2D eigenvalue weighted by molar-refractivity contribution is 0.0597. The van der Waals surface area contributed by atoms with Crippen LogP contribution in [-0.4, -0.2) is 44.9 Å². The molecule has 2 aromatic carbocycles. The summed E-state index contributed by atoms with van der Waals surface area (Å²) in [6.45, 7) is 2.67. The van der Waals surface area contributed by atoms with E-state index in [9.17, 15) is 18.0 Å². The Morgan fingerprint density at radius 3 is 2.31 bits per heavy atom. The summed E-state index contributed by atoms with van der Waals surface area (Å²) in [5.74, 6) is -1.09. The third kappa shape index (κ3) is 4.65. The molecule has 0 amide bonds. The average molecular weight is 417 g/mol. The van der Waals surface area contributed by atoms with E-state index in [4.69, 9.17) is 4.74 Å². The number of hydrogen-bond acceptors (Lipinski definition) is 6. The molecule has 0 spiro atoms. The molecular weight excluding hydrogens is 394 g/mol. The van der Waals surface area contributed by atoms with Crippen molar-refractivity contribution in [2.45, 2.75) is 31.1 Å². The van der Waals surface area contributed by atoms with Crippen LogP contribution in [-0.2, 0) is 14.8 Å². The molecule has 3 rings (SSSR count). The second-order valence-electron chi connectivity index (χ2n) is 6.85. The lowest BCUT2D eigenvalue weighted by atomic mass is 10.1. The van der Waals surface area contributed by atoms with E-state index in [2.05, 4.69) is 4.74 Å². The number of carbonyl (C=O) groups is 2. The minimum absolute atomic E-state index is 0.108. The van der Waals surface area contributed by atoms with Gasteiger partial charge >= 0.3 is 11.9 Å². The van der Waals surface area contributed by atoms with Gasteiger partial charge in [0.2, 0.25) is 10.0 Å². The first-order chi connectivity index (χ1) is 13.8. The van der Waals surface area contributed by atoms with Crippen molar-refractivity contribution in [3.63, 3.8) is 0 Å². The van der Waals surface area contributed by atoms with Crippen LogP contribution >= 0.6 is 0 Å². The highest BCUT2D eigenvalue weighted by Gasteiger charge is 2.28. The second-order valence-corrected chi connectivity index (χ2v) is 8.76. The molecule has 0 N–H and O–H groups in total. The fraction of sp³-hybridized carbons (Fsp3) is 0.333. The molecule has 29 heavy (non-hydrogen) atoms. The number of methoxy groups -OCH3 is 1. The summed E-state index contributed by atoms with van der Waals surface area (Å²) < 4.78 is 37.5. The lowest BCUT2D eigenvalue weighted by Gasteiger charge is -2.26. The van der Waals surface area contributed by atoms with Gasteiger partial charge in [-0.2, -0.15) is 4.31 Å². The first kappa shape index (κ1) is 21.0. The predicted molar refractivity (Wildman–Crippen MR) is 107 cm³/mol. The van der Waals surface area contributed by atoms with Gasteiger partial charge in [-0.05, 0) is 55.7 Å². The van der Waals surface area contributed by atoms with E-state index in [0.717, 1.165) is 19.3 Å². The molecule has 0 bridgehead atoms. The molecule has 0 aromatic heterocycles. The van der Waals surface area contributed by atoms with Crippen LogP contribution in [0, 0.1) is 6.92 Å². The number of piperidine rings is 1. The zero-order valence-corrected chi connectivity index (χ0v) is 17.2. The van der Waals surface area contributed by atoms with Crippen molar-refractivity contribution in [2.24, 2.45) is 0 Å². The Morgan fingerprint density at radius 1 is 0.931 bits per heavy atom. The van der Waals surface area contributed by atoms with E-state index in [0.29, 0.717) is 18.7 Å². The normalized spacial score (nSPS) is 15.0. The highest BCUT2D eigenvalue weighted by molar-refractivity contribution is 7.89. The summed E-state index contributed by atoms with van der Waals surface area (Å²) in [6, 6.07) is 10.5. The minimum Gasteiger partial charge on any atom is -0.465 e. The average Bonchev–Trinajstić information content (AvgIpc) is 2.74. The lowest BCUT2D eigenvalue weighted by Crippen LogP contribution is -2.36. The fourth-order valence-electron chi connectivity index (χ4n) is 3.22. The smallest absolute Gasteiger partial charge is 0.343 e. The predicted octanol–water partition coefficient (Wildman–Crippen LogP) is 3.18. The molecule has 1 aliphatic heterocycles. The molecule has 0 atom stereocenters. The van der Waals surface area contributed by atoms with Crippen LogP contribution in [0.1, 0.15) is 45.5 Å². The molecule has 8 heteroatoms. The Morgan fingerprint density at radius 2 is 1.62 bits per heavy atom. The second kappa shape index (κ2) is 8.75. The summed E-state index contributed by atoms with van der Waals surface area (Å²) in [4.78, 5) is 24.3. The molecule has 1 fully saturated rings. The monoisotopic (exact) mass is 417 g/mol. The standard InChI is InChI=1S/C21H23NO6S/c1-15-9-10-17(14-19(15)29(25,26)22-11-4-3-5-12-22)21(24)28-18-8-6-7-16(13-18)20(23)27-2/h6-10,13-14H,3-5,11-12H2,1-2H3. The molecule has 1 aliphatic rings. The molecule has 0 saturated carbocycles. The molecule has 1 saturated heterocycles. The number of ether oxygens (including phenoxy) is 2. The van der Waals surface area contributed by atoms with Crippen molar-refractivity contribution >= 4 is 22.0 Å². The maximum atomic E-state index is 13.0. The Labute approximate surface area is 170 Å². The van der Waals surface area contributed by atoms with Gasteiger partial charge in [0.1, 0.15) is 5.75 Å². The Kier molecular flexibility index (Phi) is 6.34. The SMILES string of the molecule is COC(=O)c1cccc(OC(=O)c2ccc(C)c(S(=O)(=O)N3CCCCC3)c2)c1. The summed E-state index contributed by atoms with van der Waals surface area (Å²) in [6.07, 6.45) is 2.68. The van der Waals surface area contributed by atoms with Crippen molar-refractivity contribution in [2.75, 3.05) is 20.2 Å². The van der Waals surface area contributed by atoms with E-state index in [1.54, 1.807) is 25.1 Å².